The van der Waals surface area contributed by atoms with E-state index >= 15 is 0 Å². The quantitative estimate of drug-likeness (QED) is 0.756. The van der Waals surface area contributed by atoms with E-state index in [2.05, 4.69) is 87.5 Å². The predicted molar refractivity (Wildman–Crippen MR) is 95.2 cm³/mol. The van der Waals surface area contributed by atoms with E-state index in [1.807, 2.05) is 0 Å². The van der Waals surface area contributed by atoms with Crippen LogP contribution in [0.1, 0.15) is 20.8 Å². The number of hydrogen-bond donors (Lipinski definition) is 0. The summed E-state index contributed by atoms with van der Waals surface area (Å²) < 4.78 is 0. The van der Waals surface area contributed by atoms with Crippen LogP contribution >= 0.6 is 0 Å². The number of hydrogen-bond acceptors (Lipinski definition) is 0. The first-order valence-electron chi connectivity index (χ1n) is 7.64. The van der Waals surface area contributed by atoms with Crippen molar-refractivity contribution in [2.45, 2.75) is 26.3 Å². The minimum atomic E-state index is -1.27. The Hall–Kier alpha value is -1.86. The first-order chi connectivity index (χ1) is 10.2. The summed E-state index contributed by atoms with van der Waals surface area (Å²) in [5, 5.41) is 3.07. The van der Waals surface area contributed by atoms with Crippen LogP contribution in [0.15, 0.2) is 83.5 Å². The molecule has 1 atom stereocenters. The van der Waals surface area contributed by atoms with Crippen LogP contribution in [0, 0.1) is 0 Å². The van der Waals surface area contributed by atoms with E-state index < -0.39 is 8.80 Å². The molecule has 0 fully saturated rings. The van der Waals surface area contributed by atoms with Gasteiger partial charge >= 0.3 is 0 Å². The third kappa shape index (κ3) is 2.66. The van der Waals surface area contributed by atoms with Gasteiger partial charge in [-0.25, -0.2) is 0 Å². The molecule has 3 rings (SSSR count). The van der Waals surface area contributed by atoms with E-state index in [1.54, 1.807) is 5.57 Å². The molecule has 106 valence electrons. The van der Waals surface area contributed by atoms with Gasteiger partial charge in [0.25, 0.3) is 0 Å². The lowest BCUT2D eigenvalue weighted by Crippen LogP contribution is -2.45. The van der Waals surface area contributed by atoms with Gasteiger partial charge in [-0.05, 0) is 31.9 Å². The topological polar surface area (TPSA) is 0 Å². The fourth-order valence-electron chi connectivity index (χ4n) is 3.35. The second kappa shape index (κ2) is 5.86. The molecule has 21 heavy (non-hydrogen) atoms. The van der Waals surface area contributed by atoms with E-state index in [0.29, 0.717) is 5.54 Å². The predicted octanol–water partition coefficient (Wildman–Crippen LogP) is 3.69. The standard InChI is InChI=1S/C20H22Si/c1-15-14-20(17(3)16(15)2)21(18-10-6-4-7-11-18)19-12-8-5-9-13-19/h4-14,20-21H,1-3H3. The van der Waals surface area contributed by atoms with Crippen LogP contribution in [-0.2, 0) is 0 Å². The van der Waals surface area contributed by atoms with Crippen molar-refractivity contribution in [3.05, 3.63) is 83.5 Å². The SMILES string of the molecule is CC1=CC([SiH](c2ccccc2)c2ccccc2)C(C)=C1C. The molecule has 0 spiro atoms. The summed E-state index contributed by atoms with van der Waals surface area (Å²) in [4.78, 5) is 0. The molecule has 0 N–H and O–H groups in total. The van der Waals surface area contributed by atoms with Crippen molar-refractivity contribution < 1.29 is 0 Å². The highest BCUT2D eigenvalue weighted by Crippen LogP contribution is 2.36. The normalized spacial score (nSPS) is 18.3. The molecule has 0 saturated heterocycles. The summed E-state index contributed by atoms with van der Waals surface area (Å²) in [6.45, 7) is 6.84. The first kappa shape index (κ1) is 14.1. The highest BCUT2D eigenvalue weighted by molar-refractivity contribution is 6.87. The monoisotopic (exact) mass is 290 g/mol. The zero-order valence-electron chi connectivity index (χ0n) is 13.0. The lowest BCUT2D eigenvalue weighted by Gasteiger charge is -2.23. The maximum atomic E-state index is 2.50. The van der Waals surface area contributed by atoms with E-state index in [4.69, 9.17) is 0 Å². The molecule has 0 nitrogen and oxygen atoms in total. The third-order valence-electron chi connectivity index (χ3n) is 4.79. The van der Waals surface area contributed by atoms with Crippen molar-refractivity contribution in [3.8, 4) is 0 Å². The van der Waals surface area contributed by atoms with Crippen molar-refractivity contribution in [1.29, 1.82) is 0 Å². The lowest BCUT2D eigenvalue weighted by molar-refractivity contribution is 1.18. The number of benzene rings is 2. The molecular weight excluding hydrogens is 268 g/mol. The molecule has 0 heterocycles. The zero-order valence-corrected chi connectivity index (χ0v) is 14.2. The van der Waals surface area contributed by atoms with Gasteiger partial charge in [0.2, 0.25) is 0 Å². The van der Waals surface area contributed by atoms with Crippen LogP contribution in [0.4, 0.5) is 0 Å². The number of rotatable bonds is 3. The molecule has 2 aromatic carbocycles. The van der Waals surface area contributed by atoms with Gasteiger partial charge in [-0.1, -0.05) is 88.3 Å². The minimum Gasteiger partial charge on any atom is -0.0764 e. The fourth-order valence-corrected chi connectivity index (χ4v) is 7.07. The molecule has 1 aliphatic rings. The van der Waals surface area contributed by atoms with Crippen molar-refractivity contribution in [2.75, 3.05) is 0 Å². The maximum Gasteiger partial charge on any atom is 0.113 e. The van der Waals surface area contributed by atoms with Gasteiger partial charge in [0.1, 0.15) is 8.80 Å². The summed E-state index contributed by atoms with van der Waals surface area (Å²) in [6, 6.07) is 22.2. The van der Waals surface area contributed by atoms with Gasteiger partial charge in [0.15, 0.2) is 0 Å². The fraction of sp³-hybridized carbons (Fsp3) is 0.200. The summed E-state index contributed by atoms with van der Waals surface area (Å²) >= 11 is 0. The van der Waals surface area contributed by atoms with Crippen LogP contribution in [-0.4, -0.2) is 8.80 Å². The first-order valence-corrected chi connectivity index (χ1v) is 9.46. The van der Waals surface area contributed by atoms with Crippen molar-refractivity contribution >= 4 is 19.2 Å². The Morgan fingerprint density at radius 1 is 0.714 bits per heavy atom. The molecular formula is C20H22Si. The van der Waals surface area contributed by atoms with E-state index in [9.17, 15) is 0 Å². The van der Waals surface area contributed by atoms with Crippen LogP contribution < -0.4 is 10.4 Å². The molecule has 0 saturated carbocycles. The second-order valence-electron chi connectivity index (χ2n) is 5.98. The lowest BCUT2D eigenvalue weighted by atomic mass is 10.1. The third-order valence-corrected chi connectivity index (χ3v) is 8.41. The molecule has 2 aromatic rings. The molecule has 0 amide bonds. The van der Waals surface area contributed by atoms with Crippen molar-refractivity contribution in [2.24, 2.45) is 0 Å². The van der Waals surface area contributed by atoms with Gasteiger partial charge in [-0.15, -0.1) is 0 Å². The van der Waals surface area contributed by atoms with Crippen LogP contribution in [0.2, 0.25) is 5.54 Å². The second-order valence-corrected chi connectivity index (χ2v) is 8.99. The largest absolute Gasteiger partial charge is 0.113 e. The Kier molecular flexibility index (Phi) is 3.93. The van der Waals surface area contributed by atoms with E-state index in [0.717, 1.165) is 0 Å². The zero-order chi connectivity index (χ0) is 14.8. The molecule has 0 radical (unpaired) electrons. The highest BCUT2D eigenvalue weighted by Gasteiger charge is 2.30. The molecule has 0 bridgehead atoms. The Labute approximate surface area is 129 Å². The Morgan fingerprint density at radius 3 is 1.57 bits per heavy atom. The summed E-state index contributed by atoms with van der Waals surface area (Å²) in [6.07, 6.45) is 2.50. The minimum absolute atomic E-state index is 0.606. The summed E-state index contributed by atoms with van der Waals surface area (Å²) in [5.74, 6) is 0. The Morgan fingerprint density at radius 2 is 1.19 bits per heavy atom. The average molecular weight is 290 g/mol. The summed E-state index contributed by atoms with van der Waals surface area (Å²) in [7, 11) is -1.27. The van der Waals surface area contributed by atoms with Gasteiger partial charge < -0.3 is 0 Å². The van der Waals surface area contributed by atoms with Crippen LogP contribution in [0.5, 0.6) is 0 Å². The van der Waals surface area contributed by atoms with Gasteiger partial charge in [0, 0.05) is 0 Å². The van der Waals surface area contributed by atoms with E-state index in [1.165, 1.54) is 21.5 Å². The molecule has 0 aromatic heterocycles. The summed E-state index contributed by atoms with van der Waals surface area (Å²) in [5.41, 5.74) is 5.12. The van der Waals surface area contributed by atoms with Gasteiger partial charge in [-0.3, -0.25) is 0 Å². The van der Waals surface area contributed by atoms with Crippen molar-refractivity contribution in [3.63, 3.8) is 0 Å². The average Bonchev–Trinajstić information content (AvgIpc) is 2.78. The highest BCUT2D eigenvalue weighted by atomic mass is 28.3. The smallest absolute Gasteiger partial charge is 0.0764 e. The van der Waals surface area contributed by atoms with Gasteiger partial charge in [-0.2, -0.15) is 0 Å². The maximum absolute atomic E-state index is 2.50. The number of allylic oxidation sites excluding steroid dienone is 4. The van der Waals surface area contributed by atoms with E-state index in [-0.39, 0.29) is 0 Å². The molecule has 1 unspecified atom stereocenters. The van der Waals surface area contributed by atoms with Crippen molar-refractivity contribution in [1.82, 2.24) is 0 Å². The van der Waals surface area contributed by atoms with Crippen LogP contribution in [0.3, 0.4) is 0 Å². The Balaban J connectivity index is 2.11. The van der Waals surface area contributed by atoms with Crippen LogP contribution in [0.25, 0.3) is 0 Å². The molecule has 0 aliphatic heterocycles. The molecule has 1 aliphatic carbocycles. The molecule has 1 heteroatoms. The van der Waals surface area contributed by atoms with Gasteiger partial charge in [0.05, 0.1) is 0 Å². The Bertz CT molecular complexity index is 641.